The molecule has 1 aliphatic rings. The zero-order chi connectivity index (χ0) is 15.6. The SMILES string of the molecule is CCN(CC)[C@@H]1C[C@@H](n2cc(C)c(=O)[nH]c2=O)O[C@@H]1CO. The average molecular weight is 297 g/mol. The predicted octanol–water partition coefficient (Wildman–Crippen LogP) is -0.165. The summed E-state index contributed by atoms with van der Waals surface area (Å²) in [5, 5.41) is 9.51. The third kappa shape index (κ3) is 3.09. The van der Waals surface area contributed by atoms with E-state index >= 15 is 0 Å². The molecule has 0 amide bonds. The van der Waals surface area contributed by atoms with Crippen LogP contribution >= 0.6 is 0 Å². The number of nitrogens with one attached hydrogen (secondary N) is 1. The second-order valence-corrected chi connectivity index (χ2v) is 5.31. The van der Waals surface area contributed by atoms with E-state index in [1.807, 2.05) is 0 Å². The van der Waals surface area contributed by atoms with Gasteiger partial charge in [-0.25, -0.2) is 4.79 Å². The van der Waals surface area contributed by atoms with E-state index in [-0.39, 0.29) is 24.3 Å². The fourth-order valence-electron chi connectivity index (χ4n) is 2.93. The molecule has 0 aliphatic carbocycles. The molecule has 1 fully saturated rings. The van der Waals surface area contributed by atoms with Crippen molar-refractivity contribution in [2.75, 3.05) is 19.7 Å². The normalized spacial score (nSPS) is 25.7. The van der Waals surface area contributed by atoms with Gasteiger partial charge in [-0.1, -0.05) is 13.8 Å². The van der Waals surface area contributed by atoms with Gasteiger partial charge in [0.1, 0.15) is 6.23 Å². The van der Waals surface area contributed by atoms with Crippen molar-refractivity contribution in [1.82, 2.24) is 14.5 Å². The van der Waals surface area contributed by atoms with E-state index in [4.69, 9.17) is 4.74 Å². The van der Waals surface area contributed by atoms with Crippen LogP contribution in [0.4, 0.5) is 0 Å². The van der Waals surface area contributed by atoms with Crippen LogP contribution in [0, 0.1) is 6.92 Å². The number of hydrogen-bond acceptors (Lipinski definition) is 5. The number of ether oxygens (including phenoxy) is 1. The number of rotatable bonds is 5. The van der Waals surface area contributed by atoms with Crippen LogP contribution in [0.5, 0.6) is 0 Å². The molecule has 2 rings (SSSR count). The van der Waals surface area contributed by atoms with Gasteiger partial charge in [-0.3, -0.25) is 19.2 Å². The maximum absolute atomic E-state index is 11.9. The van der Waals surface area contributed by atoms with Gasteiger partial charge in [-0.2, -0.15) is 0 Å². The van der Waals surface area contributed by atoms with E-state index in [0.717, 1.165) is 13.1 Å². The molecule has 2 heterocycles. The highest BCUT2D eigenvalue weighted by Gasteiger charge is 2.38. The Morgan fingerprint density at radius 1 is 1.43 bits per heavy atom. The van der Waals surface area contributed by atoms with Crippen molar-refractivity contribution in [3.8, 4) is 0 Å². The lowest BCUT2D eigenvalue weighted by molar-refractivity contribution is -0.0381. The molecule has 1 saturated heterocycles. The van der Waals surface area contributed by atoms with Gasteiger partial charge in [0, 0.05) is 24.2 Å². The smallest absolute Gasteiger partial charge is 0.330 e. The molecule has 3 atom stereocenters. The molecule has 7 nitrogen and oxygen atoms in total. The first kappa shape index (κ1) is 15.9. The summed E-state index contributed by atoms with van der Waals surface area (Å²) in [6.45, 7) is 7.38. The Balaban J connectivity index is 2.29. The van der Waals surface area contributed by atoms with E-state index < -0.39 is 11.9 Å². The van der Waals surface area contributed by atoms with Crippen molar-refractivity contribution < 1.29 is 9.84 Å². The molecule has 7 heteroatoms. The molecule has 1 aromatic heterocycles. The number of aromatic nitrogens is 2. The molecular formula is C14H23N3O4. The van der Waals surface area contributed by atoms with Gasteiger partial charge in [-0.05, 0) is 20.0 Å². The van der Waals surface area contributed by atoms with Crippen LogP contribution in [0.15, 0.2) is 15.8 Å². The van der Waals surface area contributed by atoms with Gasteiger partial charge in [0.25, 0.3) is 5.56 Å². The molecule has 2 N–H and O–H groups in total. The summed E-state index contributed by atoms with van der Waals surface area (Å²) in [6.07, 6.45) is 1.34. The second-order valence-electron chi connectivity index (χ2n) is 5.31. The average Bonchev–Trinajstić information content (AvgIpc) is 2.88. The monoisotopic (exact) mass is 297 g/mol. The van der Waals surface area contributed by atoms with Crippen LogP contribution in [0.2, 0.25) is 0 Å². The number of likely N-dealkylation sites (N-methyl/N-ethyl adjacent to an activating group) is 1. The van der Waals surface area contributed by atoms with Crippen molar-refractivity contribution in [3.63, 3.8) is 0 Å². The molecule has 0 bridgehead atoms. The summed E-state index contributed by atoms with van der Waals surface area (Å²) >= 11 is 0. The summed E-state index contributed by atoms with van der Waals surface area (Å²) < 4.78 is 7.22. The van der Waals surface area contributed by atoms with Crippen LogP contribution < -0.4 is 11.2 Å². The number of aliphatic hydroxyl groups excluding tert-OH is 1. The van der Waals surface area contributed by atoms with Gasteiger partial charge >= 0.3 is 5.69 Å². The number of aliphatic hydroxyl groups is 1. The molecule has 118 valence electrons. The maximum atomic E-state index is 11.9. The Morgan fingerprint density at radius 2 is 2.10 bits per heavy atom. The Kier molecular flexibility index (Phi) is 4.97. The summed E-state index contributed by atoms with van der Waals surface area (Å²) in [5.74, 6) is 0. The maximum Gasteiger partial charge on any atom is 0.330 e. The lowest BCUT2D eigenvalue weighted by Crippen LogP contribution is -2.42. The molecular weight excluding hydrogens is 274 g/mol. The zero-order valence-corrected chi connectivity index (χ0v) is 12.7. The topological polar surface area (TPSA) is 87.6 Å². The quantitative estimate of drug-likeness (QED) is 0.788. The van der Waals surface area contributed by atoms with E-state index in [0.29, 0.717) is 12.0 Å². The van der Waals surface area contributed by atoms with E-state index in [1.165, 1.54) is 10.8 Å². The lowest BCUT2D eigenvalue weighted by atomic mass is 10.1. The van der Waals surface area contributed by atoms with Crippen molar-refractivity contribution in [2.24, 2.45) is 0 Å². The van der Waals surface area contributed by atoms with Crippen molar-refractivity contribution in [2.45, 2.75) is 45.6 Å². The molecule has 21 heavy (non-hydrogen) atoms. The summed E-state index contributed by atoms with van der Waals surface area (Å²) in [5.41, 5.74) is -0.397. The minimum Gasteiger partial charge on any atom is -0.394 e. The highest BCUT2D eigenvalue weighted by molar-refractivity contribution is 5.02. The Bertz CT molecular complexity index is 591. The molecule has 0 saturated carbocycles. The molecule has 0 unspecified atom stereocenters. The van der Waals surface area contributed by atoms with E-state index in [9.17, 15) is 14.7 Å². The predicted molar refractivity (Wildman–Crippen MR) is 78.4 cm³/mol. The van der Waals surface area contributed by atoms with E-state index in [1.54, 1.807) is 6.92 Å². The van der Waals surface area contributed by atoms with Crippen molar-refractivity contribution in [3.05, 3.63) is 32.6 Å². The minimum atomic E-state index is -0.479. The zero-order valence-electron chi connectivity index (χ0n) is 12.7. The van der Waals surface area contributed by atoms with Crippen molar-refractivity contribution in [1.29, 1.82) is 0 Å². The number of aromatic amines is 1. The lowest BCUT2D eigenvalue weighted by Gasteiger charge is -2.28. The first-order chi connectivity index (χ1) is 10.0. The fraction of sp³-hybridized carbons (Fsp3) is 0.714. The summed E-state index contributed by atoms with van der Waals surface area (Å²) in [7, 11) is 0. The highest BCUT2D eigenvalue weighted by atomic mass is 16.5. The van der Waals surface area contributed by atoms with Crippen molar-refractivity contribution >= 4 is 0 Å². The third-order valence-electron chi connectivity index (χ3n) is 4.12. The van der Waals surface area contributed by atoms with Crippen LogP contribution in [-0.2, 0) is 4.74 Å². The Morgan fingerprint density at radius 3 is 2.67 bits per heavy atom. The van der Waals surface area contributed by atoms with Crippen LogP contribution in [-0.4, -0.2) is 51.4 Å². The summed E-state index contributed by atoms with van der Waals surface area (Å²) in [4.78, 5) is 27.9. The number of H-pyrrole nitrogens is 1. The van der Waals surface area contributed by atoms with Crippen LogP contribution in [0.1, 0.15) is 32.1 Å². The first-order valence-corrected chi connectivity index (χ1v) is 7.34. The Hall–Kier alpha value is -1.44. The first-order valence-electron chi connectivity index (χ1n) is 7.34. The van der Waals surface area contributed by atoms with Gasteiger partial charge < -0.3 is 9.84 Å². The third-order valence-corrected chi connectivity index (χ3v) is 4.12. The van der Waals surface area contributed by atoms with E-state index in [2.05, 4.69) is 23.7 Å². The fourth-order valence-corrected chi connectivity index (χ4v) is 2.93. The van der Waals surface area contributed by atoms with Crippen LogP contribution in [0.25, 0.3) is 0 Å². The standard InChI is InChI=1S/C14H23N3O4/c1-4-16(5-2)10-6-12(21-11(10)8-18)17-7-9(3)13(19)15-14(17)20/h7,10-12,18H,4-6,8H2,1-3H3,(H,15,19,20)/t10-,11-,12+/m1/s1. The second kappa shape index (κ2) is 6.55. The largest absolute Gasteiger partial charge is 0.394 e. The molecule has 0 aromatic carbocycles. The minimum absolute atomic E-state index is 0.0640. The van der Waals surface area contributed by atoms with Gasteiger partial charge in [0.05, 0.1) is 12.7 Å². The Labute approximate surface area is 123 Å². The number of nitrogens with zero attached hydrogens (tertiary/aromatic N) is 2. The number of hydrogen-bond donors (Lipinski definition) is 2. The summed E-state index contributed by atoms with van der Waals surface area (Å²) in [6, 6.07) is 0.0640. The molecule has 1 aliphatic heterocycles. The van der Waals surface area contributed by atoms with Crippen LogP contribution in [0.3, 0.4) is 0 Å². The highest BCUT2D eigenvalue weighted by Crippen LogP contribution is 2.30. The molecule has 1 aromatic rings. The molecule has 0 radical (unpaired) electrons. The van der Waals surface area contributed by atoms with Gasteiger partial charge in [0.15, 0.2) is 0 Å². The van der Waals surface area contributed by atoms with Gasteiger partial charge in [-0.15, -0.1) is 0 Å². The van der Waals surface area contributed by atoms with Gasteiger partial charge in [0.2, 0.25) is 0 Å². The molecule has 0 spiro atoms. The number of aryl methyl sites for hydroxylation is 1.